The number of para-hydroxylation sites is 1. The Hall–Kier alpha value is -3.96. The zero-order valence-corrected chi connectivity index (χ0v) is 24.7. The summed E-state index contributed by atoms with van der Waals surface area (Å²) in [5, 5.41) is 18.7. The SMILES string of the molecule is CC[C@@H](CO)N1C(=O)[C@@H]2[C@@H]3C(=O)N(Cc4ccccc4)CC=C[C@@H]3S[C@@]23C=CCN(Cn2nnc4ccccc42)C(=O)C13. The van der Waals surface area contributed by atoms with Crippen molar-refractivity contribution in [2.75, 3.05) is 19.7 Å². The largest absolute Gasteiger partial charge is 0.394 e. The van der Waals surface area contributed by atoms with Gasteiger partial charge in [0, 0.05) is 24.9 Å². The number of nitrogens with zero attached hydrogens (tertiary/aromatic N) is 6. The van der Waals surface area contributed by atoms with Crippen molar-refractivity contribution >= 4 is 40.5 Å². The molecule has 1 unspecified atom stereocenters. The maximum Gasteiger partial charge on any atom is 0.248 e. The quantitative estimate of drug-likeness (QED) is 0.416. The molecule has 4 aliphatic rings. The minimum atomic E-state index is -0.943. The summed E-state index contributed by atoms with van der Waals surface area (Å²) < 4.78 is 0.751. The molecule has 1 aromatic heterocycles. The van der Waals surface area contributed by atoms with Crippen LogP contribution < -0.4 is 0 Å². The molecular weight excluding hydrogens is 564 g/mol. The maximum absolute atomic E-state index is 14.6. The van der Waals surface area contributed by atoms with Crippen LogP contribution in [0.5, 0.6) is 0 Å². The van der Waals surface area contributed by atoms with Gasteiger partial charge in [-0.3, -0.25) is 14.4 Å². The first-order chi connectivity index (χ1) is 21.0. The number of amides is 3. The molecule has 222 valence electrons. The summed E-state index contributed by atoms with van der Waals surface area (Å²) in [4.78, 5) is 48.5. The van der Waals surface area contributed by atoms with Crippen LogP contribution in [0.2, 0.25) is 0 Å². The average molecular weight is 599 g/mol. The lowest BCUT2D eigenvalue weighted by Crippen LogP contribution is -2.56. The van der Waals surface area contributed by atoms with E-state index >= 15 is 0 Å². The first-order valence-electron chi connectivity index (χ1n) is 14.8. The van der Waals surface area contributed by atoms with Crippen LogP contribution in [0, 0.1) is 11.8 Å². The van der Waals surface area contributed by atoms with Crippen LogP contribution in [0.4, 0.5) is 0 Å². The van der Waals surface area contributed by atoms with Gasteiger partial charge in [0.15, 0.2) is 0 Å². The molecule has 7 rings (SSSR count). The Morgan fingerprint density at radius 1 is 0.977 bits per heavy atom. The summed E-state index contributed by atoms with van der Waals surface area (Å²) in [6.07, 6.45) is 8.50. The minimum Gasteiger partial charge on any atom is -0.394 e. The number of aliphatic hydroxyl groups excluding tert-OH is 1. The van der Waals surface area contributed by atoms with E-state index in [9.17, 15) is 19.5 Å². The number of hydrogen-bond acceptors (Lipinski definition) is 7. The molecule has 4 aliphatic heterocycles. The molecule has 0 saturated carbocycles. The van der Waals surface area contributed by atoms with E-state index in [1.165, 1.54) is 0 Å². The van der Waals surface area contributed by atoms with E-state index in [0.717, 1.165) is 16.6 Å². The van der Waals surface area contributed by atoms with Crippen LogP contribution in [-0.2, 0) is 27.6 Å². The maximum atomic E-state index is 14.6. The Kier molecular flexibility index (Phi) is 7.09. The topological polar surface area (TPSA) is 112 Å². The molecule has 2 fully saturated rings. The number of aliphatic hydroxyl groups is 1. The van der Waals surface area contributed by atoms with Crippen molar-refractivity contribution < 1.29 is 19.5 Å². The van der Waals surface area contributed by atoms with Gasteiger partial charge in [-0.25, -0.2) is 4.68 Å². The summed E-state index contributed by atoms with van der Waals surface area (Å²) >= 11 is 1.55. The summed E-state index contributed by atoms with van der Waals surface area (Å²) in [5.74, 6) is -1.87. The van der Waals surface area contributed by atoms with E-state index in [2.05, 4.69) is 10.3 Å². The summed E-state index contributed by atoms with van der Waals surface area (Å²) in [7, 11) is 0. The van der Waals surface area contributed by atoms with E-state index in [1.807, 2.05) is 90.7 Å². The normalized spacial score (nSPS) is 29.1. The molecule has 43 heavy (non-hydrogen) atoms. The van der Waals surface area contributed by atoms with E-state index in [0.29, 0.717) is 26.1 Å². The highest BCUT2D eigenvalue weighted by atomic mass is 32.2. The monoisotopic (exact) mass is 598 g/mol. The predicted molar refractivity (Wildman–Crippen MR) is 162 cm³/mol. The molecule has 0 bridgehead atoms. The highest BCUT2D eigenvalue weighted by Gasteiger charge is 2.71. The molecule has 2 aromatic carbocycles. The van der Waals surface area contributed by atoms with Gasteiger partial charge in [0.25, 0.3) is 0 Å². The Labute approximate surface area is 254 Å². The van der Waals surface area contributed by atoms with E-state index in [1.54, 1.807) is 26.2 Å². The number of rotatable bonds is 7. The molecule has 1 spiro atoms. The van der Waals surface area contributed by atoms with E-state index < -0.39 is 28.7 Å². The molecule has 5 heterocycles. The third kappa shape index (κ3) is 4.39. The number of thioether (sulfide) groups is 1. The molecule has 3 amide bonds. The highest BCUT2D eigenvalue weighted by Crippen LogP contribution is 2.61. The van der Waals surface area contributed by atoms with Gasteiger partial charge in [-0.1, -0.05) is 78.9 Å². The second kappa shape index (κ2) is 10.9. The van der Waals surface area contributed by atoms with Crippen LogP contribution in [0.25, 0.3) is 11.0 Å². The lowest BCUT2D eigenvalue weighted by atomic mass is 9.78. The smallest absolute Gasteiger partial charge is 0.248 e. The van der Waals surface area contributed by atoms with Gasteiger partial charge in [-0.05, 0) is 24.1 Å². The Morgan fingerprint density at radius 3 is 2.53 bits per heavy atom. The van der Waals surface area contributed by atoms with Crippen molar-refractivity contribution in [2.24, 2.45) is 11.8 Å². The lowest BCUT2D eigenvalue weighted by Gasteiger charge is -2.38. The first-order valence-corrected chi connectivity index (χ1v) is 15.7. The fourth-order valence-electron chi connectivity index (χ4n) is 7.24. The molecule has 0 aliphatic carbocycles. The Bertz CT molecular complexity index is 1620. The number of fused-ring (bicyclic) bond motifs is 3. The molecule has 1 N–H and O–H groups in total. The number of aromatic nitrogens is 3. The molecule has 6 atom stereocenters. The van der Waals surface area contributed by atoms with Gasteiger partial charge in [0.05, 0.1) is 34.7 Å². The van der Waals surface area contributed by atoms with Crippen molar-refractivity contribution in [1.29, 1.82) is 0 Å². The molecule has 3 aromatic rings. The van der Waals surface area contributed by atoms with Crippen molar-refractivity contribution in [3.8, 4) is 0 Å². The number of likely N-dealkylation sites (tertiary alicyclic amines) is 1. The molecule has 11 heteroatoms. The van der Waals surface area contributed by atoms with Gasteiger partial charge in [-0.2, -0.15) is 0 Å². The van der Waals surface area contributed by atoms with Gasteiger partial charge >= 0.3 is 0 Å². The van der Waals surface area contributed by atoms with Crippen molar-refractivity contribution in [3.05, 3.63) is 84.5 Å². The second-order valence-electron chi connectivity index (χ2n) is 11.6. The molecule has 2 saturated heterocycles. The van der Waals surface area contributed by atoms with Gasteiger partial charge in [0.2, 0.25) is 17.7 Å². The van der Waals surface area contributed by atoms with Crippen molar-refractivity contribution in [2.45, 2.75) is 48.6 Å². The Balaban J connectivity index is 1.27. The lowest BCUT2D eigenvalue weighted by molar-refractivity contribution is -0.147. The van der Waals surface area contributed by atoms with Gasteiger partial charge < -0.3 is 19.8 Å². The fourth-order valence-corrected chi connectivity index (χ4v) is 9.23. The average Bonchev–Trinajstić information content (AvgIpc) is 3.58. The van der Waals surface area contributed by atoms with Crippen LogP contribution in [0.1, 0.15) is 18.9 Å². The van der Waals surface area contributed by atoms with E-state index in [-0.39, 0.29) is 36.2 Å². The highest BCUT2D eigenvalue weighted by molar-refractivity contribution is 8.02. The first kappa shape index (κ1) is 27.8. The van der Waals surface area contributed by atoms with Crippen molar-refractivity contribution in [1.82, 2.24) is 29.7 Å². The third-order valence-electron chi connectivity index (χ3n) is 9.28. The van der Waals surface area contributed by atoms with Crippen LogP contribution >= 0.6 is 11.8 Å². The van der Waals surface area contributed by atoms with Gasteiger partial charge in [0.1, 0.15) is 18.2 Å². The van der Waals surface area contributed by atoms with Crippen LogP contribution in [-0.4, -0.2) is 94.3 Å². The van der Waals surface area contributed by atoms with Gasteiger partial charge in [-0.15, -0.1) is 16.9 Å². The number of hydrogen-bond donors (Lipinski definition) is 1. The number of carbonyl (C=O) groups is 3. The molecule has 10 nitrogen and oxygen atoms in total. The van der Waals surface area contributed by atoms with E-state index in [4.69, 9.17) is 0 Å². The van der Waals surface area contributed by atoms with Crippen LogP contribution in [0.15, 0.2) is 78.9 Å². The third-order valence-corrected chi connectivity index (χ3v) is 11.0. The summed E-state index contributed by atoms with van der Waals surface area (Å²) in [5.41, 5.74) is 2.56. The zero-order valence-electron chi connectivity index (χ0n) is 23.9. The van der Waals surface area contributed by atoms with Crippen molar-refractivity contribution in [3.63, 3.8) is 0 Å². The molecule has 0 radical (unpaired) electrons. The zero-order chi connectivity index (χ0) is 29.7. The minimum absolute atomic E-state index is 0.0738. The standard InChI is InChI=1S/C32H34N6O4S/c1-2-22(19-39)38-28-31(42)36(20-37-24-13-7-6-12-23(24)33-34-37)17-9-15-32(28)27(30(38)41)26-25(43-32)14-8-16-35(29(26)40)18-21-10-4-3-5-11-21/h3-15,22,25-28,39H,2,16-20H2,1H3/t22-,25-,26+,27-,28?,32-/m0/s1. The molecular formula is C32H34N6O4S. The fraction of sp³-hybridized carbons (Fsp3) is 0.406. The number of benzene rings is 2. The summed E-state index contributed by atoms with van der Waals surface area (Å²) in [6.45, 7) is 3.05. The predicted octanol–water partition coefficient (Wildman–Crippen LogP) is 2.45. The van der Waals surface area contributed by atoms with Crippen LogP contribution in [0.3, 0.4) is 0 Å². The Morgan fingerprint density at radius 2 is 1.74 bits per heavy atom. The second-order valence-corrected chi connectivity index (χ2v) is 13.1. The summed E-state index contributed by atoms with van der Waals surface area (Å²) in [6, 6.07) is 16.0. The number of carbonyl (C=O) groups excluding carboxylic acids is 3.